The van der Waals surface area contributed by atoms with Crippen molar-refractivity contribution in [3.63, 3.8) is 0 Å². The molecule has 2 aromatic carbocycles. The molecule has 0 aliphatic carbocycles. The highest BCUT2D eigenvalue weighted by molar-refractivity contribution is 6.04. The number of carbonyl (C=O) groups excluding carboxylic acids is 1. The maximum Gasteiger partial charge on any atom is 0.416 e. The van der Waals surface area contributed by atoms with E-state index < -0.39 is 11.7 Å². The number of rotatable bonds is 5. The maximum absolute atomic E-state index is 12.8. The Morgan fingerprint density at radius 2 is 1.75 bits per heavy atom. The van der Waals surface area contributed by atoms with Crippen molar-refractivity contribution in [2.24, 2.45) is 0 Å². The molecule has 1 heterocycles. The van der Waals surface area contributed by atoms with Crippen LogP contribution < -0.4 is 15.4 Å². The Kier molecular flexibility index (Phi) is 5.49. The molecule has 0 aliphatic rings. The summed E-state index contributed by atoms with van der Waals surface area (Å²) in [6, 6.07) is 14.6. The molecule has 0 unspecified atom stereocenters. The summed E-state index contributed by atoms with van der Waals surface area (Å²) in [6.07, 6.45) is -3.04. The number of anilines is 3. The molecule has 0 saturated carbocycles. The van der Waals surface area contributed by atoms with Crippen LogP contribution in [0.2, 0.25) is 0 Å². The van der Waals surface area contributed by atoms with Crippen molar-refractivity contribution in [1.82, 2.24) is 4.98 Å². The first-order valence-corrected chi connectivity index (χ1v) is 8.21. The summed E-state index contributed by atoms with van der Waals surface area (Å²) in [5.41, 5.74) is 0.290. The van der Waals surface area contributed by atoms with E-state index in [2.05, 4.69) is 15.6 Å². The number of amides is 1. The largest absolute Gasteiger partial charge is 0.497 e. The Morgan fingerprint density at radius 1 is 1.00 bits per heavy atom. The van der Waals surface area contributed by atoms with E-state index in [1.54, 1.807) is 24.3 Å². The molecular formula is C20H16F3N3O2. The van der Waals surface area contributed by atoms with Crippen molar-refractivity contribution in [3.8, 4) is 5.75 Å². The minimum atomic E-state index is -4.44. The highest BCUT2D eigenvalue weighted by atomic mass is 19.4. The molecule has 1 amide bonds. The third kappa shape index (κ3) is 4.79. The van der Waals surface area contributed by atoms with Gasteiger partial charge in [-0.3, -0.25) is 4.79 Å². The molecule has 0 spiro atoms. The molecule has 0 bridgehead atoms. The molecule has 0 saturated heterocycles. The normalized spacial score (nSPS) is 11.0. The highest BCUT2D eigenvalue weighted by Gasteiger charge is 2.30. The summed E-state index contributed by atoms with van der Waals surface area (Å²) >= 11 is 0. The van der Waals surface area contributed by atoms with Gasteiger partial charge in [0.1, 0.15) is 11.6 Å². The van der Waals surface area contributed by atoms with Gasteiger partial charge in [-0.15, -0.1) is 0 Å². The van der Waals surface area contributed by atoms with E-state index in [1.165, 1.54) is 37.6 Å². The van der Waals surface area contributed by atoms with Crippen LogP contribution in [0, 0.1) is 0 Å². The number of halogens is 3. The third-order valence-electron chi connectivity index (χ3n) is 3.81. The number of nitrogens with zero attached hydrogens (tertiary/aromatic N) is 1. The van der Waals surface area contributed by atoms with Crippen LogP contribution in [-0.2, 0) is 6.18 Å². The van der Waals surface area contributed by atoms with Crippen LogP contribution in [0.1, 0.15) is 15.9 Å². The van der Waals surface area contributed by atoms with Gasteiger partial charge in [-0.1, -0.05) is 12.1 Å². The summed E-state index contributed by atoms with van der Waals surface area (Å²) in [7, 11) is 1.52. The van der Waals surface area contributed by atoms with Crippen molar-refractivity contribution >= 4 is 23.1 Å². The van der Waals surface area contributed by atoms with Crippen LogP contribution in [0.5, 0.6) is 5.75 Å². The Hall–Kier alpha value is -3.55. The smallest absolute Gasteiger partial charge is 0.416 e. The van der Waals surface area contributed by atoms with Crippen LogP contribution in [0.15, 0.2) is 66.9 Å². The lowest BCUT2D eigenvalue weighted by molar-refractivity contribution is -0.137. The molecule has 1 aromatic heterocycles. The zero-order valence-electron chi connectivity index (χ0n) is 14.7. The quantitative estimate of drug-likeness (QED) is 0.639. The van der Waals surface area contributed by atoms with Crippen LogP contribution in [0.4, 0.5) is 30.4 Å². The van der Waals surface area contributed by atoms with Crippen molar-refractivity contribution in [3.05, 3.63) is 78.0 Å². The standard InChI is InChI=1S/C20H16F3N3O2/c1-28-17-7-3-6-16(12-17)26-19(27)13-8-9-24-18(10-13)25-15-5-2-4-14(11-15)20(21,22)23/h2-12H,1H3,(H,24,25)(H,26,27). The predicted molar refractivity (Wildman–Crippen MR) is 99.9 cm³/mol. The molecule has 3 rings (SSSR count). The Labute approximate surface area is 159 Å². The number of alkyl halides is 3. The number of ether oxygens (including phenoxy) is 1. The first kappa shape index (κ1) is 19.2. The average Bonchev–Trinajstić information content (AvgIpc) is 2.68. The summed E-state index contributed by atoms with van der Waals surface area (Å²) in [6.45, 7) is 0. The van der Waals surface area contributed by atoms with Crippen molar-refractivity contribution in [2.75, 3.05) is 17.7 Å². The monoisotopic (exact) mass is 387 g/mol. The number of nitrogens with one attached hydrogen (secondary N) is 2. The third-order valence-corrected chi connectivity index (χ3v) is 3.81. The zero-order valence-corrected chi connectivity index (χ0v) is 14.7. The second kappa shape index (κ2) is 7.99. The number of carbonyl (C=O) groups is 1. The van der Waals surface area contributed by atoms with Gasteiger partial charge >= 0.3 is 6.18 Å². The second-order valence-electron chi connectivity index (χ2n) is 5.82. The highest BCUT2D eigenvalue weighted by Crippen LogP contribution is 2.31. The van der Waals surface area contributed by atoms with E-state index in [0.717, 1.165) is 12.1 Å². The predicted octanol–water partition coefficient (Wildman–Crippen LogP) is 5.10. The molecular weight excluding hydrogens is 371 g/mol. The molecule has 0 aliphatic heterocycles. The fraction of sp³-hybridized carbons (Fsp3) is 0.100. The lowest BCUT2D eigenvalue weighted by Gasteiger charge is -2.11. The van der Waals surface area contributed by atoms with E-state index in [0.29, 0.717) is 17.0 Å². The summed E-state index contributed by atoms with van der Waals surface area (Å²) < 4.78 is 43.6. The Bertz CT molecular complexity index is 990. The SMILES string of the molecule is COc1cccc(NC(=O)c2ccnc(Nc3cccc(C(F)(F)F)c3)c2)c1. The Morgan fingerprint density at radius 3 is 2.50 bits per heavy atom. The van der Waals surface area contributed by atoms with Crippen LogP contribution in [-0.4, -0.2) is 18.0 Å². The lowest BCUT2D eigenvalue weighted by Crippen LogP contribution is -2.12. The number of benzene rings is 2. The molecule has 28 heavy (non-hydrogen) atoms. The molecule has 0 atom stereocenters. The van der Waals surface area contributed by atoms with Crippen molar-refractivity contribution in [2.45, 2.75) is 6.18 Å². The molecule has 0 radical (unpaired) electrons. The van der Waals surface area contributed by atoms with E-state index in [9.17, 15) is 18.0 Å². The summed E-state index contributed by atoms with van der Waals surface area (Å²) in [4.78, 5) is 16.5. The first-order valence-electron chi connectivity index (χ1n) is 8.21. The lowest BCUT2D eigenvalue weighted by atomic mass is 10.2. The van der Waals surface area contributed by atoms with Gasteiger partial charge in [0.05, 0.1) is 12.7 Å². The van der Waals surface area contributed by atoms with Crippen molar-refractivity contribution < 1.29 is 22.7 Å². The topological polar surface area (TPSA) is 63.2 Å². The Balaban J connectivity index is 1.76. The molecule has 3 aromatic rings. The fourth-order valence-electron chi connectivity index (χ4n) is 2.47. The molecule has 2 N–H and O–H groups in total. The minimum Gasteiger partial charge on any atom is -0.497 e. The van der Waals surface area contributed by atoms with Crippen LogP contribution in [0.25, 0.3) is 0 Å². The average molecular weight is 387 g/mol. The van der Waals surface area contributed by atoms with Gasteiger partial charge in [0.25, 0.3) is 5.91 Å². The zero-order chi connectivity index (χ0) is 20.1. The van der Waals surface area contributed by atoms with Gasteiger partial charge in [0, 0.05) is 29.2 Å². The first-order chi connectivity index (χ1) is 13.3. The fourth-order valence-corrected chi connectivity index (χ4v) is 2.47. The van der Waals surface area contributed by atoms with Gasteiger partial charge in [-0.05, 0) is 42.5 Å². The number of hydrogen-bond donors (Lipinski definition) is 2. The van der Waals surface area contributed by atoms with Crippen LogP contribution >= 0.6 is 0 Å². The van der Waals surface area contributed by atoms with Gasteiger partial charge in [0.15, 0.2) is 0 Å². The second-order valence-corrected chi connectivity index (χ2v) is 5.82. The summed E-state index contributed by atoms with van der Waals surface area (Å²) in [5.74, 6) is 0.458. The minimum absolute atomic E-state index is 0.215. The van der Waals surface area contributed by atoms with Gasteiger partial charge < -0.3 is 15.4 Å². The van der Waals surface area contributed by atoms with Gasteiger partial charge in [-0.25, -0.2) is 4.98 Å². The van der Waals surface area contributed by atoms with Gasteiger partial charge in [0.2, 0.25) is 0 Å². The van der Waals surface area contributed by atoms with Crippen LogP contribution in [0.3, 0.4) is 0 Å². The number of pyridine rings is 1. The molecule has 144 valence electrons. The van der Waals surface area contributed by atoms with E-state index in [-0.39, 0.29) is 17.4 Å². The van der Waals surface area contributed by atoms with Gasteiger partial charge in [-0.2, -0.15) is 13.2 Å². The number of aromatic nitrogens is 1. The summed E-state index contributed by atoms with van der Waals surface area (Å²) in [5, 5.41) is 5.51. The molecule has 5 nitrogen and oxygen atoms in total. The number of methoxy groups -OCH3 is 1. The van der Waals surface area contributed by atoms with E-state index >= 15 is 0 Å². The van der Waals surface area contributed by atoms with E-state index in [1.807, 2.05) is 0 Å². The maximum atomic E-state index is 12.8. The molecule has 0 fully saturated rings. The van der Waals surface area contributed by atoms with E-state index in [4.69, 9.17) is 4.74 Å². The molecule has 8 heteroatoms. The van der Waals surface area contributed by atoms with Crippen molar-refractivity contribution in [1.29, 1.82) is 0 Å². The number of hydrogen-bond acceptors (Lipinski definition) is 4.